The van der Waals surface area contributed by atoms with E-state index in [1.807, 2.05) is 0 Å². The van der Waals surface area contributed by atoms with Gasteiger partial charge < -0.3 is 9.47 Å². The van der Waals surface area contributed by atoms with Gasteiger partial charge in [-0.25, -0.2) is 9.37 Å². The van der Waals surface area contributed by atoms with Gasteiger partial charge >= 0.3 is 0 Å². The van der Waals surface area contributed by atoms with Crippen molar-refractivity contribution in [3.63, 3.8) is 0 Å². The van der Waals surface area contributed by atoms with E-state index in [2.05, 4.69) is 14.5 Å². The molecular formula is C15H16Cl2FN3. The zero-order valence-corrected chi connectivity index (χ0v) is 13.0. The SMILES string of the molecule is Fc1cc2c(cc1Cl)nc(CCl)n2C1CN2CCC1CC2. The van der Waals surface area contributed by atoms with E-state index in [9.17, 15) is 4.39 Å². The molecule has 0 saturated carbocycles. The first-order valence-electron chi connectivity index (χ1n) is 7.31. The summed E-state index contributed by atoms with van der Waals surface area (Å²) < 4.78 is 16.0. The Kier molecular flexibility index (Phi) is 3.36. The van der Waals surface area contributed by atoms with Gasteiger partial charge in [-0.2, -0.15) is 0 Å². The molecule has 6 heteroatoms. The standard InChI is InChI=1S/C15H16Cl2FN3/c16-7-15-19-12-5-10(17)11(18)6-13(12)21(15)14-8-20-3-1-9(14)2-4-20/h5-6,9,14H,1-4,7-8H2. The van der Waals surface area contributed by atoms with Crippen LogP contribution < -0.4 is 0 Å². The molecule has 1 unspecified atom stereocenters. The van der Waals surface area contributed by atoms with Gasteiger partial charge in [0.2, 0.25) is 0 Å². The number of benzene rings is 1. The van der Waals surface area contributed by atoms with E-state index >= 15 is 0 Å². The lowest BCUT2D eigenvalue weighted by Gasteiger charge is -2.45. The first-order chi connectivity index (χ1) is 10.2. The van der Waals surface area contributed by atoms with E-state index in [4.69, 9.17) is 23.2 Å². The van der Waals surface area contributed by atoms with Crippen molar-refractivity contribution < 1.29 is 4.39 Å². The third-order valence-corrected chi connectivity index (χ3v) is 5.41. The highest BCUT2D eigenvalue weighted by Gasteiger charge is 2.36. The summed E-state index contributed by atoms with van der Waals surface area (Å²) >= 11 is 12.0. The number of piperidine rings is 3. The zero-order valence-electron chi connectivity index (χ0n) is 11.5. The van der Waals surface area contributed by atoms with E-state index < -0.39 is 5.82 Å². The molecule has 5 rings (SSSR count). The Morgan fingerprint density at radius 2 is 2.05 bits per heavy atom. The fraction of sp³-hybridized carbons (Fsp3) is 0.533. The Balaban J connectivity index is 1.88. The highest BCUT2D eigenvalue weighted by atomic mass is 35.5. The lowest BCUT2D eigenvalue weighted by Crippen LogP contribution is -2.48. The maximum absolute atomic E-state index is 13.9. The van der Waals surface area contributed by atoms with Gasteiger partial charge in [0.1, 0.15) is 11.6 Å². The maximum Gasteiger partial charge on any atom is 0.144 e. The summed E-state index contributed by atoms with van der Waals surface area (Å²) in [5.74, 6) is 1.38. The smallest absolute Gasteiger partial charge is 0.144 e. The minimum atomic E-state index is -0.396. The highest BCUT2D eigenvalue weighted by molar-refractivity contribution is 6.31. The number of rotatable bonds is 2. The van der Waals surface area contributed by atoms with Crippen LogP contribution in [0.2, 0.25) is 5.02 Å². The number of nitrogens with zero attached hydrogens (tertiary/aromatic N) is 3. The van der Waals surface area contributed by atoms with E-state index in [1.165, 1.54) is 32.0 Å². The molecule has 4 heterocycles. The molecule has 0 aliphatic carbocycles. The van der Waals surface area contributed by atoms with Crippen LogP contribution in [0.15, 0.2) is 12.1 Å². The van der Waals surface area contributed by atoms with Crippen molar-refractivity contribution in [2.45, 2.75) is 24.8 Å². The number of halogens is 3. The van der Waals surface area contributed by atoms with E-state index in [0.29, 0.717) is 17.8 Å². The Morgan fingerprint density at radius 1 is 1.29 bits per heavy atom. The lowest BCUT2D eigenvalue weighted by molar-refractivity contribution is 0.0578. The van der Waals surface area contributed by atoms with Crippen LogP contribution in [0.1, 0.15) is 24.7 Å². The molecule has 1 atom stereocenters. The van der Waals surface area contributed by atoms with E-state index in [1.54, 1.807) is 6.07 Å². The summed E-state index contributed by atoms with van der Waals surface area (Å²) in [5, 5.41) is 0.113. The van der Waals surface area contributed by atoms with Crippen LogP contribution in [0.3, 0.4) is 0 Å². The monoisotopic (exact) mass is 327 g/mol. The topological polar surface area (TPSA) is 21.1 Å². The van der Waals surface area contributed by atoms with Gasteiger partial charge in [0.15, 0.2) is 0 Å². The van der Waals surface area contributed by atoms with Gasteiger partial charge in [0.25, 0.3) is 0 Å². The average molecular weight is 328 g/mol. The Hall–Kier alpha value is -0.840. The molecule has 0 N–H and O–H groups in total. The van der Waals surface area contributed by atoms with Crippen molar-refractivity contribution in [1.82, 2.24) is 14.5 Å². The Morgan fingerprint density at radius 3 is 2.67 bits per heavy atom. The number of hydrogen-bond donors (Lipinski definition) is 0. The van der Waals surface area contributed by atoms with Crippen LogP contribution in [0, 0.1) is 11.7 Å². The number of hydrogen-bond acceptors (Lipinski definition) is 2. The van der Waals surface area contributed by atoms with Gasteiger partial charge in [-0.3, -0.25) is 0 Å². The summed E-state index contributed by atoms with van der Waals surface area (Å²) in [6.45, 7) is 3.35. The molecule has 2 aromatic rings. The first kappa shape index (κ1) is 13.8. The van der Waals surface area contributed by atoms with Crippen molar-refractivity contribution >= 4 is 34.2 Å². The first-order valence-corrected chi connectivity index (χ1v) is 8.23. The molecule has 21 heavy (non-hydrogen) atoms. The Labute approximate surface area is 132 Å². The molecule has 3 aliphatic heterocycles. The van der Waals surface area contributed by atoms with Crippen LogP contribution in [0.4, 0.5) is 4.39 Å². The molecular weight excluding hydrogens is 312 g/mol. The molecule has 0 radical (unpaired) electrons. The van der Waals surface area contributed by atoms with Gasteiger partial charge in [0.05, 0.1) is 28.0 Å². The lowest BCUT2D eigenvalue weighted by atomic mass is 9.83. The largest absolute Gasteiger partial charge is 0.322 e. The Bertz CT molecular complexity index is 692. The highest BCUT2D eigenvalue weighted by Crippen LogP contribution is 2.39. The second-order valence-electron chi connectivity index (χ2n) is 5.99. The quantitative estimate of drug-likeness (QED) is 0.781. The summed E-state index contributed by atoms with van der Waals surface area (Å²) in [7, 11) is 0. The van der Waals surface area contributed by atoms with Crippen molar-refractivity contribution in [2.75, 3.05) is 19.6 Å². The van der Waals surface area contributed by atoms with Crippen LogP contribution in [0.25, 0.3) is 11.0 Å². The fourth-order valence-electron chi connectivity index (χ4n) is 3.83. The third kappa shape index (κ3) is 2.16. The normalized spacial score (nSPS) is 28.4. The molecule has 0 amide bonds. The average Bonchev–Trinajstić information content (AvgIpc) is 2.86. The summed E-state index contributed by atoms with van der Waals surface area (Å²) in [4.78, 5) is 7.03. The van der Waals surface area contributed by atoms with E-state index in [0.717, 1.165) is 23.4 Å². The van der Waals surface area contributed by atoms with E-state index in [-0.39, 0.29) is 5.02 Å². The number of alkyl halides is 1. The fourth-order valence-corrected chi connectivity index (χ4v) is 4.18. The molecule has 3 fully saturated rings. The molecule has 0 spiro atoms. The van der Waals surface area contributed by atoms with Crippen molar-refractivity contribution in [3.8, 4) is 0 Å². The minimum Gasteiger partial charge on any atom is -0.322 e. The third-order valence-electron chi connectivity index (χ3n) is 4.88. The molecule has 2 bridgehead atoms. The molecule has 3 aliphatic rings. The minimum absolute atomic E-state index is 0.113. The predicted molar refractivity (Wildman–Crippen MR) is 82.5 cm³/mol. The van der Waals surface area contributed by atoms with Crippen LogP contribution in [-0.4, -0.2) is 34.1 Å². The number of imidazole rings is 1. The second kappa shape index (κ2) is 5.11. The van der Waals surface area contributed by atoms with Gasteiger partial charge in [-0.05, 0) is 37.9 Å². The molecule has 3 saturated heterocycles. The number of aromatic nitrogens is 2. The maximum atomic E-state index is 13.9. The molecule has 1 aromatic carbocycles. The van der Waals surface area contributed by atoms with Crippen LogP contribution >= 0.6 is 23.2 Å². The van der Waals surface area contributed by atoms with Crippen LogP contribution in [-0.2, 0) is 5.88 Å². The summed E-state index contributed by atoms with van der Waals surface area (Å²) in [5.41, 5.74) is 1.54. The zero-order chi connectivity index (χ0) is 14.6. The van der Waals surface area contributed by atoms with Crippen molar-refractivity contribution in [3.05, 3.63) is 28.8 Å². The molecule has 3 nitrogen and oxygen atoms in total. The van der Waals surface area contributed by atoms with Crippen molar-refractivity contribution in [2.24, 2.45) is 5.92 Å². The van der Waals surface area contributed by atoms with Gasteiger partial charge in [0, 0.05) is 12.6 Å². The number of fused-ring (bicyclic) bond motifs is 4. The second-order valence-corrected chi connectivity index (χ2v) is 6.67. The molecule has 112 valence electrons. The summed E-state index contributed by atoms with van der Waals surface area (Å²) in [6, 6.07) is 3.44. The predicted octanol–water partition coefficient (Wildman–Crippen LogP) is 3.83. The van der Waals surface area contributed by atoms with Gasteiger partial charge in [-0.1, -0.05) is 11.6 Å². The van der Waals surface area contributed by atoms with Crippen LogP contribution in [0.5, 0.6) is 0 Å². The molecule has 1 aromatic heterocycles. The summed E-state index contributed by atoms with van der Waals surface area (Å²) in [6.07, 6.45) is 2.39. The van der Waals surface area contributed by atoms with Crippen molar-refractivity contribution in [1.29, 1.82) is 0 Å². The van der Waals surface area contributed by atoms with Gasteiger partial charge in [-0.15, -0.1) is 11.6 Å².